The molecule has 1 amide bonds. The molecule has 1 aromatic carbocycles. The van der Waals surface area contributed by atoms with Crippen LogP contribution in [-0.4, -0.2) is 28.5 Å². The molecule has 1 rings (SSSR count). The zero-order chi connectivity index (χ0) is 17.6. The lowest BCUT2D eigenvalue weighted by Gasteiger charge is -2.25. The number of ketones is 1. The Kier molecular flexibility index (Phi) is 7.22. The second-order valence-electron chi connectivity index (χ2n) is 6.52. The molecule has 6 heteroatoms. The van der Waals surface area contributed by atoms with Crippen LogP contribution in [-0.2, 0) is 16.0 Å². The molecule has 0 fully saturated rings. The number of halogens is 1. The lowest BCUT2D eigenvalue weighted by molar-refractivity contribution is -0.124. The third kappa shape index (κ3) is 7.14. The molecular weight excluding hydrogens is 360 g/mol. The Labute approximate surface area is 146 Å². The molecule has 0 bridgehead atoms. The van der Waals surface area contributed by atoms with E-state index >= 15 is 0 Å². The summed E-state index contributed by atoms with van der Waals surface area (Å²) in [6.07, 6.45) is -0.217. The highest BCUT2D eigenvalue weighted by Gasteiger charge is 2.29. The van der Waals surface area contributed by atoms with Gasteiger partial charge in [-0.05, 0) is 32.8 Å². The first-order chi connectivity index (χ1) is 10.6. The van der Waals surface area contributed by atoms with Crippen molar-refractivity contribution in [1.29, 1.82) is 0 Å². The van der Waals surface area contributed by atoms with Crippen molar-refractivity contribution < 1.29 is 14.3 Å². The summed E-state index contributed by atoms with van der Waals surface area (Å²) in [4.78, 5) is 24.2. The van der Waals surface area contributed by atoms with Gasteiger partial charge in [0, 0.05) is 5.92 Å². The summed E-state index contributed by atoms with van der Waals surface area (Å²) in [5.74, 6) is -0.567. The number of rotatable bonds is 6. The van der Waals surface area contributed by atoms with Crippen molar-refractivity contribution in [3.8, 4) is 0 Å². The first-order valence-corrected chi connectivity index (χ1v) is 8.48. The van der Waals surface area contributed by atoms with E-state index in [-0.39, 0.29) is 5.78 Å². The number of nitrogens with two attached hydrogens (primary N) is 1. The molecular formula is C17H25BrN2O3. The fraction of sp³-hybridized carbons (Fsp3) is 0.529. The van der Waals surface area contributed by atoms with Gasteiger partial charge in [0.25, 0.3) is 0 Å². The number of alkyl halides is 1. The molecule has 0 aliphatic heterocycles. The van der Waals surface area contributed by atoms with Crippen molar-refractivity contribution in [3.63, 3.8) is 0 Å². The van der Waals surface area contributed by atoms with E-state index in [4.69, 9.17) is 10.5 Å². The third-order valence-corrected chi connectivity index (χ3v) is 4.04. The highest BCUT2D eigenvalue weighted by atomic mass is 79.9. The van der Waals surface area contributed by atoms with Gasteiger partial charge in [0.05, 0.1) is 11.0 Å². The quantitative estimate of drug-likeness (QED) is 0.583. The Morgan fingerprint density at radius 2 is 1.83 bits per heavy atom. The van der Waals surface area contributed by atoms with Gasteiger partial charge in [0.2, 0.25) is 0 Å². The van der Waals surface area contributed by atoms with E-state index < -0.39 is 28.6 Å². The highest BCUT2D eigenvalue weighted by molar-refractivity contribution is 9.09. The Balaban J connectivity index is 2.88. The SMILES string of the molecule is CC(C(=O)[C@H](Cc1ccccc1)NC(=O)OC(C)(C)C)[C@@H](N)Br. The summed E-state index contributed by atoms with van der Waals surface area (Å²) in [6.45, 7) is 7.06. The predicted octanol–water partition coefficient (Wildman–Crippen LogP) is 3.01. The maximum absolute atomic E-state index is 12.6. The van der Waals surface area contributed by atoms with E-state index in [1.807, 2.05) is 30.3 Å². The summed E-state index contributed by atoms with van der Waals surface area (Å²) in [6, 6.07) is 8.82. The van der Waals surface area contributed by atoms with Crippen LogP contribution in [0.25, 0.3) is 0 Å². The van der Waals surface area contributed by atoms with Gasteiger partial charge < -0.3 is 15.8 Å². The van der Waals surface area contributed by atoms with Crippen LogP contribution in [0.15, 0.2) is 30.3 Å². The van der Waals surface area contributed by atoms with Crippen LogP contribution in [0.4, 0.5) is 4.79 Å². The van der Waals surface area contributed by atoms with Crippen LogP contribution >= 0.6 is 15.9 Å². The molecule has 23 heavy (non-hydrogen) atoms. The minimum absolute atomic E-state index is 0.135. The van der Waals surface area contributed by atoms with Crippen molar-refractivity contribution in [1.82, 2.24) is 5.32 Å². The van der Waals surface area contributed by atoms with Gasteiger partial charge in [0.15, 0.2) is 5.78 Å². The Morgan fingerprint density at radius 1 is 1.26 bits per heavy atom. The minimum atomic E-state index is -0.689. The average Bonchev–Trinajstić information content (AvgIpc) is 2.44. The van der Waals surface area contributed by atoms with Crippen LogP contribution in [0.2, 0.25) is 0 Å². The van der Waals surface area contributed by atoms with E-state index in [2.05, 4.69) is 21.2 Å². The zero-order valence-electron chi connectivity index (χ0n) is 14.0. The normalized spacial score (nSPS) is 15.4. The number of Topliss-reactive ketones (excluding diaryl/α,β-unsaturated/α-hetero) is 1. The molecule has 5 nitrogen and oxygen atoms in total. The number of carbonyl (C=O) groups excluding carboxylic acids is 2. The van der Waals surface area contributed by atoms with E-state index in [1.165, 1.54) is 0 Å². The van der Waals surface area contributed by atoms with Crippen LogP contribution < -0.4 is 11.1 Å². The number of amides is 1. The van der Waals surface area contributed by atoms with Gasteiger partial charge in [0.1, 0.15) is 5.60 Å². The molecule has 0 aromatic heterocycles. The molecule has 0 spiro atoms. The third-order valence-electron chi connectivity index (χ3n) is 3.24. The smallest absolute Gasteiger partial charge is 0.408 e. The monoisotopic (exact) mass is 384 g/mol. The standard InChI is InChI=1S/C17H25BrN2O3/c1-11(15(18)19)14(21)13(10-12-8-6-5-7-9-12)20-16(22)23-17(2,3)4/h5-9,11,13,15H,10,19H2,1-4H3,(H,20,22)/t11?,13-,15+/m0/s1. The van der Waals surface area contributed by atoms with Crippen LogP contribution in [0.1, 0.15) is 33.3 Å². The minimum Gasteiger partial charge on any atom is -0.444 e. The van der Waals surface area contributed by atoms with E-state index in [1.54, 1.807) is 27.7 Å². The molecule has 0 saturated heterocycles. The second kappa shape index (κ2) is 8.45. The largest absolute Gasteiger partial charge is 0.444 e. The van der Waals surface area contributed by atoms with Gasteiger partial charge in [-0.1, -0.05) is 53.2 Å². The van der Waals surface area contributed by atoms with Gasteiger partial charge in [-0.25, -0.2) is 4.79 Å². The highest BCUT2D eigenvalue weighted by Crippen LogP contribution is 2.15. The molecule has 1 aromatic rings. The van der Waals surface area contributed by atoms with E-state index in [0.29, 0.717) is 6.42 Å². The maximum Gasteiger partial charge on any atom is 0.408 e. The summed E-state index contributed by atoms with van der Waals surface area (Å²) in [7, 11) is 0. The van der Waals surface area contributed by atoms with Crippen LogP contribution in [0.5, 0.6) is 0 Å². The molecule has 3 atom stereocenters. The number of nitrogens with one attached hydrogen (secondary N) is 1. The molecule has 1 unspecified atom stereocenters. The summed E-state index contributed by atoms with van der Waals surface area (Å²) < 4.78 is 5.25. The summed E-state index contributed by atoms with van der Waals surface area (Å²) in [5.41, 5.74) is 6.09. The molecule has 3 N–H and O–H groups in total. The average molecular weight is 385 g/mol. The summed E-state index contributed by atoms with van der Waals surface area (Å²) in [5, 5.41) is 2.67. The number of hydrogen-bond acceptors (Lipinski definition) is 4. The van der Waals surface area contributed by atoms with E-state index in [9.17, 15) is 9.59 Å². The van der Waals surface area contributed by atoms with Crippen LogP contribution in [0, 0.1) is 5.92 Å². The molecule has 0 aliphatic rings. The van der Waals surface area contributed by atoms with Crippen molar-refractivity contribution in [3.05, 3.63) is 35.9 Å². The fourth-order valence-electron chi connectivity index (χ4n) is 2.00. The Hall–Kier alpha value is -1.40. The van der Waals surface area contributed by atoms with Crippen molar-refractivity contribution in [2.75, 3.05) is 0 Å². The molecule has 0 radical (unpaired) electrons. The molecule has 128 valence electrons. The molecule has 0 saturated carbocycles. The van der Waals surface area contributed by atoms with Crippen LogP contribution in [0.3, 0.4) is 0 Å². The predicted molar refractivity (Wildman–Crippen MR) is 94.4 cm³/mol. The molecule has 0 aliphatic carbocycles. The Morgan fingerprint density at radius 3 is 2.30 bits per heavy atom. The van der Waals surface area contributed by atoms with Crippen molar-refractivity contribution in [2.24, 2.45) is 11.7 Å². The van der Waals surface area contributed by atoms with Gasteiger partial charge in [-0.3, -0.25) is 4.79 Å². The van der Waals surface area contributed by atoms with Gasteiger partial charge >= 0.3 is 6.09 Å². The van der Waals surface area contributed by atoms with E-state index in [0.717, 1.165) is 5.56 Å². The van der Waals surface area contributed by atoms with Gasteiger partial charge in [-0.2, -0.15) is 0 Å². The Bertz CT molecular complexity index is 526. The number of carbonyl (C=O) groups is 2. The lowest BCUT2D eigenvalue weighted by atomic mass is 9.94. The fourth-order valence-corrected chi connectivity index (χ4v) is 2.26. The molecule has 0 heterocycles. The zero-order valence-corrected chi connectivity index (χ0v) is 15.6. The summed E-state index contributed by atoms with van der Waals surface area (Å²) >= 11 is 3.22. The number of benzene rings is 1. The van der Waals surface area contributed by atoms with Gasteiger partial charge in [-0.15, -0.1) is 0 Å². The maximum atomic E-state index is 12.6. The second-order valence-corrected chi connectivity index (χ2v) is 7.58. The lowest BCUT2D eigenvalue weighted by Crippen LogP contribution is -2.48. The number of ether oxygens (including phenoxy) is 1. The van der Waals surface area contributed by atoms with Crippen molar-refractivity contribution in [2.45, 2.75) is 50.7 Å². The number of alkyl carbamates (subject to hydrolysis) is 1. The first-order valence-electron chi connectivity index (χ1n) is 7.57. The first kappa shape index (κ1) is 19.6. The number of hydrogen-bond donors (Lipinski definition) is 2. The topological polar surface area (TPSA) is 81.4 Å². The van der Waals surface area contributed by atoms with Crippen molar-refractivity contribution >= 4 is 27.8 Å².